The summed E-state index contributed by atoms with van der Waals surface area (Å²) in [6.07, 6.45) is 8.48. The molecule has 2 saturated heterocycles. The van der Waals surface area contributed by atoms with Crippen LogP contribution in [0.15, 0.2) is 49.1 Å². The number of nitrogens with one attached hydrogen (secondary N) is 1. The van der Waals surface area contributed by atoms with Crippen LogP contribution in [0.1, 0.15) is 19.8 Å². The summed E-state index contributed by atoms with van der Waals surface area (Å²) in [6, 6.07) is 6.29. The molecule has 0 radical (unpaired) electrons. The van der Waals surface area contributed by atoms with Crippen molar-refractivity contribution < 1.29 is 19.1 Å². The molecule has 5 rings (SSSR count). The smallest absolute Gasteiger partial charge is 0.331 e. The fourth-order valence-corrected chi connectivity index (χ4v) is 4.21. The van der Waals surface area contributed by atoms with Gasteiger partial charge in [0.15, 0.2) is 0 Å². The Balaban J connectivity index is 1.18. The van der Waals surface area contributed by atoms with E-state index in [4.69, 9.17) is 9.47 Å². The number of aryl methyl sites for hydroxylation is 1. The highest BCUT2D eigenvalue weighted by atomic mass is 16.5. The second kappa shape index (κ2) is 10.1. The molecule has 0 unspecified atom stereocenters. The molecular formula is C24H27N7O4. The number of hydrogen-bond donors (Lipinski definition) is 1. The summed E-state index contributed by atoms with van der Waals surface area (Å²) in [7, 11) is 0. The van der Waals surface area contributed by atoms with Crippen molar-refractivity contribution in [2.75, 3.05) is 31.6 Å². The monoisotopic (exact) mass is 477 g/mol. The Morgan fingerprint density at radius 2 is 2.00 bits per heavy atom. The fourth-order valence-electron chi connectivity index (χ4n) is 4.21. The zero-order valence-corrected chi connectivity index (χ0v) is 19.5. The number of urea groups is 2. The van der Waals surface area contributed by atoms with Crippen LogP contribution in [-0.2, 0) is 11.3 Å². The predicted octanol–water partition coefficient (Wildman–Crippen LogP) is 3.60. The lowest BCUT2D eigenvalue weighted by Gasteiger charge is -2.30. The number of aromatic nitrogens is 4. The third-order valence-corrected chi connectivity index (χ3v) is 6.11. The molecule has 0 aromatic carbocycles. The van der Waals surface area contributed by atoms with Crippen LogP contribution >= 0.6 is 0 Å². The molecule has 0 spiro atoms. The molecule has 11 nitrogen and oxygen atoms in total. The zero-order valence-electron chi connectivity index (χ0n) is 19.5. The first-order valence-corrected chi connectivity index (χ1v) is 11.7. The van der Waals surface area contributed by atoms with Gasteiger partial charge in [0, 0.05) is 62.9 Å². The number of carbonyl (C=O) groups is 2. The summed E-state index contributed by atoms with van der Waals surface area (Å²) in [5, 5.41) is 6.97. The van der Waals surface area contributed by atoms with Crippen molar-refractivity contribution in [3.63, 3.8) is 0 Å². The number of imide groups is 1. The largest absolute Gasteiger partial charge is 0.456 e. The van der Waals surface area contributed by atoms with E-state index in [1.165, 1.54) is 11.1 Å². The fraction of sp³-hybridized carbons (Fsp3) is 0.375. The molecule has 5 heterocycles. The Labute approximate surface area is 202 Å². The maximum Gasteiger partial charge on any atom is 0.331 e. The van der Waals surface area contributed by atoms with Crippen molar-refractivity contribution >= 4 is 17.9 Å². The van der Waals surface area contributed by atoms with E-state index in [0.717, 1.165) is 30.6 Å². The molecule has 2 fully saturated rings. The van der Waals surface area contributed by atoms with E-state index in [1.54, 1.807) is 35.5 Å². The lowest BCUT2D eigenvalue weighted by Crippen LogP contribution is -2.44. The van der Waals surface area contributed by atoms with Crippen molar-refractivity contribution in [1.29, 1.82) is 0 Å². The second-order valence-corrected chi connectivity index (χ2v) is 8.34. The van der Waals surface area contributed by atoms with E-state index in [2.05, 4.69) is 20.4 Å². The van der Waals surface area contributed by atoms with E-state index in [-0.39, 0.29) is 12.1 Å². The molecule has 0 aliphatic carbocycles. The van der Waals surface area contributed by atoms with E-state index in [1.807, 2.05) is 23.9 Å². The SMILES string of the molecule is CCn1cc(-c2cc(Oc3ccc(NC(=O)N4CCN(C5CCOCC5)C4=O)nc3)ccn2)cn1. The summed E-state index contributed by atoms with van der Waals surface area (Å²) in [4.78, 5) is 37.1. The molecule has 0 atom stereocenters. The average Bonchev–Trinajstić information content (AvgIpc) is 3.53. The number of nitrogens with zero attached hydrogens (tertiary/aromatic N) is 6. The Bertz CT molecular complexity index is 1190. The van der Waals surface area contributed by atoms with Gasteiger partial charge in [-0.2, -0.15) is 5.10 Å². The first-order chi connectivity index (χ1) is 17.1. The molecular weight excluding hydrogens is 450 g/mol. The highest BCUT2D eigenvalue weighted by molar-refractivity contribution is 6.01. The van der Waals surface area contributed by atoms with Gasteiger partial charge in [-0.3, -0.25) is 15.0 Å². The average molecular weight is 478 g/mol. The molecule has 3 aromatic rings. The maximum atomic E-state index is 12.7. The lowest BCUT2D eigenvalue weighted by atomic mass is 10.1. The maximum absolute atomic E-state index is 12.7. The normalized spacial score (nSPS) is 16.5. The van der Waals surface area contributed by atoms with Gasteiger partial charge in [0.25, 0.3) is 0 Å². The highest BCUT2D eigenvalue weighted by Gasteiger charge is 2.37. The Kier molecular flexibility index (Phi) is 6.57. The van der Waals surface area contributed by atoms with Gasteiger partial charge >= 0.3 is 12.1 Å². The molecule has 0 bridgehead atoms. The number of pyridine rings is 2. The van der Waals surface area contributed by atoms with Gasteiger partial charge in [0.2, 0.25) is 0 Å². The van der Waals surface area contributed by atoms with Crippen molar-refractivity contribution in [2.24, 2.45) is 0 Å². The van der Waals surface area contributed by atoms with Crippen molar-refractivity contribution in [2.45, 2.75) is 32.4 Å². The Morgan fingerprint density at radius 3 is 2.74 bits per heavy atom. The van der Waals surface area contributed by atoms with Gasteiger partial charge in [-0.1, -0.05) is 0 Å². The molecule has 1 N–H and O–H groups in total. The van der Waals surface area contributed by atoms with Gasteiger partial charge in [0.1, 0.15) is 17.3 Å². The van der Waals surface area contributed by atoms with Gasteiger partial charge in [-0.05, 0) is 38.0 Å². The minimum atomic E-state index is -0.489. The first kappa shape index (κ1) is 22.8. The number of ether oxygens (including phenoxy) is 2. The molecule has 35 heavy (non-hydrogen) atoms. The summed E-state index contributed by atoms with van der Waals surface area (Å²) in [5.41, 5.74) is 1.66. The standard InChI is InChI=1S/C24H27N7O4/c1-2-29-16-17(14-27-29)21-13-19(5-8-25-21)35-20-3-4-22(26-15-20)28-23(32)31-10-9-30(24(31)33)18-6-11-34-12-7-18/h3-5,8,13-16,18H,2,6-7,9-12H2,1H3,(H,26,28,32). The van der Waals surface area contributed by atoms with E-state index < -0.39 is 6.03 Å². The van der Waals surface area contributed by atoms with Crippen LogP contribution in [0.5, 0.6) is 11.5 Å². The Morgan fingerprint density at radius 1 is 1.14 bits per heavy atom. The van der Waals surface area contributed by atoms with Crippen LogP contribution in [0.2, 0.25) is 0 Å². The molecule has 182 valence electrons. The number of carbonyl (C=O) groups excluding carboxylic acids is 2. The van der Waals surface area contributed by atoms with Crippen LogP contribution < -0.4 is 10.1 Å². The number of hydrogen-bond acceptors (Lipinski definition) is 7. The van der Waals surface area contributed by atoms with E-state index in [9.17, 15) is 9.59 Å². The van der Waals surface area contributed by atoms with Crippen LogP contribution in [0.4, 0.5) is 15.4 Å². The molecule has 11 heteroatoms. The third kappa shape index (κ3) is 5.09. The zero-order chi connectivity index (χ0) is 24.2. The third-order valence-electron chi connectivity index (χ3n) is 6.11. The molecule has 2 aliphatic heterocycles. The number of anilines is 1. The minimum absolute atomic E-state index is 0.125. The molecule has 2 aliphatic rings. The van der Waals surface area contributed by atoms with Crippen LogP contribution in [0.25, 0.3) is 11.3 Å². The number of amides is 4. The van der Waals surface area contributed by atoms with Gasteiger partial charge in [-0.25, -0.2) is 19.5 Å². The molecule has 0 saturated carbocycles. The Hall–Kier alpha value is -3.99. The minimum Gasteiger partial charge on any atom is -0.456 e. The van der Waals surface area contributed by atoms with Crippen molar-refractivity contribution in [3.05, 3.63) is 49.1 Å². The van der Waals surface area contributed by atoms with Crippen LogP contribution in [0, 0.1) is 0 Å². The summed E-state index contributed by atoms with van der Waals surface area (Å²) in [6.45, 7) is 4.97. The highest BCUT2D eigenvalue weighted by Crippen LogP contribution is 2.26. The lowest BCUT2D eigenvalue weighted by molar-refractivity contribution is 0.0510. The van der Waals surface area contributed by atoms with Crippen molar-refractivity contribution in [3.8, 4) is 22.8 Å². The van der Waals surface area contributed by atoms with E-state index >= 15 is 0 Å². The predicted molar refractivity (Wildman–Crippen MR) is 127 cm³/mol. The summed E-state index contributed by atoms with van der Waals surface area (Å²) >= 11 is 0. The van der Waals surface area contributed by atoms with Gasteiger partial charge in [0.05, 0.1) is 18.1 Å². The molecule has 3 aromatic heterocycles. The van der Waals surface area contributed by atoms with Crippen LogP contribution in [-0.4, -0.2) is 74.0 Å². The van der Waals surface area contributed by atoms with E-state index in [0.29, 0.717) is 43.6 Å². The summed E-state index contributed by atoms with van der Waals surface area (Å²) < 4.78 is 13.1. The second-order valence-electron chi connectivity index (χ2n) is 8.34. The topological polar surface area (TPSA) is 115 Å². The first-order valence-electron chi connectivity index (χ1n) is 11.7. The molecule has 4 amide bonds. The number of rotatable bonds is 6. The summed E-state index contributed by atoms with van der Waals surface area (Å²) in [5.74, 6) is 1.45. The van der Waals surface area contributed by atoms with Gasteiger partial charge in [-0.15, -0.1) is 0 Å². The van der Waals surface area contributed by atoms with Crippen LogP contribution in [0.3, 0.4) is 0 Å². The van der Waals surface area contributed by atoms with Crippen molar-refractivity contribution in [1.82, 2.24) is 29.5 Å². The van der Waals surface area contributed by atoms with Gasteiger partial charge < -0.3 is 14.4 Å². The quantitative estimate of drug-likeness (QED) is 0.577.